The highest BCUT2D eigenvalue weighted by Crippen LogP contribution is 2.28. The molecule has 2 aliphatic rings. The van der Waals surface area contributed by atoms with Crippen LogP contribution in [0.15, 0.2) is 0 Å². The normalized spacial score (nSPS) is 46.8. The maximum Gasteiger partial charge on any atom is 0.302 e. The van der Waals surface area contributed by atoms with Crippen molar-refractivity contribution in [3.05, 3.63) is 0 Å². The largest absolute Gasteiger partial charge is 0.463 e. The summed E-state index contributed by atoms with van der Waals surface area (Å²) in [6.07, 6.45) is -13.3. The second-order valence-corrected chi connectivity index (χ2v) is 6.23. The van der Waals surface area contributed by atoms with Crippen LogP contribution in [0.1, 0.15) is 6.92 Å². The van der Waals surface area contributed by atoms with Crippen LogP contribution >= 0.6 is 0 Å². The van der Waals surface area contributed by atoms with Crippen molar-refractivity contribution in [1.29, 1.82) is 0 Å². The van der Waals surface area contributed by atoms with Crippen LogP contribution in [0.25, 0.3) is 0 Å². The van der Waals surface area contributed by atoms with Gasteiger partial charge in [-0.1, -0.05) is 0 Å². The Balaban J connectivity index is 2.10. The Morgan fingerprint density at radius 2 is 1.65 bits per heavy atom. The van der Waals surface area contributed by atoms with Crippen molar-refractivity contribution < 1.29 is 54.4 Å². The zero-order chi connectivity index (χ0) is 19.6. The van der Waals surface area contributed by atoms with Crippen LogP contribution < -0.4 is 5.73 Å². The van der Waals surface area contributed by atoms with Crippen molar-refractivity contribution in [2.45, 2.75) is 68.3 Å². The summed E-state index contributed by atoms with van der Waals surface area (Å²) in [5, 5.41) is 59.1. The quantitative estimate of drug-likeness (QED) is 0.223. The average Bonchev–Trinajstić information content (AvgIpc) is 2.60. The second-order valence-electron chi connectivity index (χ2n) is 6.23. The lowest BCUT2D eigenvalue weighted by molar-refractivity contribution is -0.344. The Bertz CT molecular complexity index is 478. The van der Waals surface area contributed by atoms with Gasteiger partial charge in [-0.15, -0.1) is 0 Å². The SMILES string of the molecule is CC(=O)OC[C@H]1O[C@H](O[C@@H]2[C@H](O)[C@@H](N)[C@@H](O)O[C@@H]2CO)[C@H](O)[C@@H](O)[C@@H]1O. The molecule has 8 N–H and O–H groups in total. The Labute approximate surface area is 148 Å². The smallest absolute Gasteiger partial charge is 0.302 e. The van der Waals surface area contributed by atoms with Gasteiger partial charge in [0.1, 0.15) is 49.3 Å². The Kier molecular flexibility index (Phi) is 7.27. The minimum Gasteiger partial charge on any atom is -0.463 e. The lowest BCUT2D eigenvalue weighted by atomic mass is 9.96. The first-order valence-corrected chi connectivity index (χ1v) is 8.03. The van der Waals surface area contributed by atoms with Gasteiger partial charge < -0.3 is 55.3 Å². The monoisotopic (exact) mass is 383 g/mol. The summed E-state index contributed by atoms with van der Waals surface area (Å²) in [7, 11) is 0. The van der Waals surface area contributed by atoms with Gasteiger partial charge in [0.05, 0.1) is 12.6 Å². The molecular formula is C14H25NO11. The summed E-state index contributed by atoms with van der Waals surface area (Å²) in [6, 6.07) is -1.25. The first-order chi connectivity index (χ1) is 12.2. The summed E-state index contributed by atoms with van der Waals surface area (Å²) in [6.45, 7) is 0.0879. The molecule has 0 amide bonds. The van der Waals surface area contributed by atoms with Crippen LogP contribution in [0.2, 0.25) is 0 Å². The maximum absolute atomic E-state index is 10.9. The van der Waals surface area contributed by atoms with E-state index in [1.165, 1.54) is 0 Å². The summed E-state index contributed by atoms with van der Waals surface area (Å²) in [5.74, 6) is -0.643. The molecule has 0 bridgehead atoms. The van der Waals surface area contributed by atoms with Crippen LogP contribution in [0.5, 0.6) is 0 Å². The molecule has 2 fully saturated rings. The van der Waals surface area contributed by atoms with Crippen LogP contribution in [0.4, 0.5) is 0 Å². The lowest BCUT2D eigenvalue weighted by Gasteiger charge is -2.45. The van der Waals surface area contributed by atoms with E-state index >= 15 is 0 Å². The van der Waals surface area contributed by atoms with Crippen molar-refractivity contribution >= 4 is 5.97 Å². The van der Waals surface area contributed by atoms with Crippen molar-refractivity contribution in [3.8, 4) is 0 Å². The summed E-state index contributed by atoms with van der Waals surface area (Å²) >= 11 is 0. The molecule has 2 rings (SSSR count). The van der Waals surface area contributed by atoms with Gasteiger partial charge >= 0.3 is 5.97 Å². The Morgan fingerprint density at radius 1 is 1.00 bits per heavy atom. The molecule has 2 aliphatic heterocycles. The molecule has 0 radical (unpaired) electrons. The summed E-state index contributed by atoms with van der Waals surface area (Å²) in [5.41, 5.74) is 5.59. The Hall–Kier alpha value is -0.930. The van der Waals surface area contributed by atoms with E-state index in [1.807, 2.05) is 0 Å². The van der Waals surface area contributed by atoms with Gasteiger partial charge in [0.25, 0.3) is 0 Å². The topological polar surface area (TPSA) is 201 Å². The van der Waals surface area contributed by atoms with Gasteiger partial charge in [-0.05, 0) is 0 Å². The number of carbonyl (C=O) groups is 1. The number of esters is 1. The van der Waals surface area contributed by atoms with Crippen LogP contribution in [-0.4, -0.2) is 111 Å². The van der Waals surface area contributed by atoms with Crippen LogP contribution in [0, 0.1) is 0 Å². The van der Waals surface area contributed by atoms with Gasteiger partial charge in [0.2, 0.25) is 0 Å². The molecule has 2 heterocycles. The van der Waals surface area contributed by atoms with Crippen molar-refractivity contribution in [1.82, 2.24) is 0 Å². The van der Waals surface area contributed by atoms with Crippen molar-refractivity contribution in [2.24, 2.45) is 5.73 Å². The highest BCUT2D eigenvalue weighted by molar-refractivity contribution is 5.65. The van der Waals surface area contributed by atoms with E-state index in [0.29, 0.717) is 0 Å². The first-order valence-electron chi connectivity index (χ1n) is 8.03. The summed E-state index contributed by atoms with van der Waals surface area (Å²) < 4.78 is 20.5. The molecule has 10 atom stereocenters. The zero-order valence-electron chi connectivity index (χ0n) is 14.0. The molecule has 26 heavy (non-hydrogen) atoms. The fourth-order valence-electron chi connectivity index (χ4n) is 2.79. The van der Waals surface area contributed by atoms with E-state index in [4.69, 9.17) is 24.7 Å². The third-order valence-corrected chi connectivity index (χ3v) is 4.33. The number of aliphatic hydroxyl groups is 6. The molecule has 0 spiro atoms. The molecular weight excluding hydrogens is 358 g/mol. The van der Waals surface area contributed by atoms with Gasteiger partial charge in [0.15, 0.2) is 12.6 Å². The molecule has 152 valence electrons. The Morgan fingerprint density at radius 3 is 2.23 bits per heavy atom. The molecule has 0 aromatic carbocycles. The fraction of sp³-hybridized carbons (Fsp3) is 0.929. The number of carbonyl (C=O) groups excluding carboxylic acids is 1. The molecule has 0 aromatic rings. The van der Waals surface area contributed by atoms with Gasteiger partial charge in [-0.3, -0.25) is 4.79 Å². The molecule has 0 aromatic heterocycles. The predicted octanol–water partition coefficient (Wildman–Crippen LogP) is -4.86. The molecule has 0 aliphatic carbocycles. The van der Waals surface area contributed by atoms with Crippen molar-refractivity contribution in [3.63, 3.8) is 0 Å². The lowest BCUT2D eigenvalue weighted by Crippen LogP contribution is -2.66. The van der Waals surface area contributed by atoms with Crippen LogP contribution in [-0.2, 0) is 23.7 Å². The minimum atomic E-state index is -1.71. The summed E-state index contributed by atoms with van der Waals surface area (Å²) in [4.78, 5) is 10.9. The number of rotatable bonds is 5. The standard InChI is InChI=1S/C14H25NO11/c1-4(17)23-3-6-8(18)10(20)11(21)14(25-6)26-12-5(2-16)24-13(22)7(15)9(12)19/h5-14,16,18-22H,2-3,15H2,1H3/t5-,6-,7-,8-,9-,10+,11-,12+,13+,14-/m1/s1. The fourth-order valence-corrected chi connectivity index (χ4v) is 2.79. The third-order valence-electron chi connectivity index (χ3n) is 4.33. The first kappa shape index (κ1) is 21.4. The number of ether oxygens (including phenoxy) is 4. The van der Waals surface area contributed by atoms with Gasteiger partial charge in [-0.2, -0.15) is 0 Å². The molecule has 12 heteroatoms. The van der Waals surface area contributed by atoms with Gasteiger partial charge in [0, 0.05) is 6.92 Å². The second kappa shape index (κ2) is 8.84. The average molecular weight is 383 g/mol. The highest BCUT2D eigenvalue weighted by atomic mass is 16.7. The maximum atomic E-state index is 10.9. The minimum absolute atomic E-state index is 0.411. The number of hydrogen-bond donors (Lipinski definition) is 7. The van der Waals surface area contributed by atoms with E-state index in [-0.39, 0.29) is 0 Å². The van der Waals surface area contributed by atoms with Crippen molar-refractivity contribution in [2.75, 3.05) is 13.2 Å². The molecule has 2 saturated heterocycles. The number of hydrogen-bond acceptors (Lipinski definition) is 12. The number of aliphatic hydroxyl groups excluding tert-OH is 6. The zero-order valence-corrected chi connectivity index (χ0v) is 14.0. The molecule has 12 nitrogen and oxygen atoms in total. The van der Waals surface area contributed by atoms with E-state index in [1.54, 1.807) is 0 Å². The third kappa shape index (κ3) is 4.48. The van der Waals surface area contributed by atoms with E-state index in [2.05, 4.69) is 0 Å². The molecule has 0 saturated carbocycles. The van der Waals surface area contributed by atoms with E-state index < -0.39 is 80.5 Å². The number of nitrogens with two attached hydrogens (primary N) is 1. The van der Waals surface area contributed by atoms with E-state index in [0.717, 1.165) is 6.92 Å². The highest BCUT2D eigenvalue weighted by Gasteiger charge is 2.49. The van der Waals surface area contributed by atoms with E-state index in [9.17, 15) is 35.4 Å². The predicted molar refractivity (Wildman–Crippen MR) is 80.1 cm³/mol. The van der Waals surface area contributed by atoms with Crippen LogP contribution in [0.3, 0.4) is 0 Å². The van der Waals surface area contributed by atoms with Gasteiger partial charge in [-0.25, -0.2) is 0 Å². The molecule has 0 unspecified atom stereocenters.